The molecular formula is C37H44N4O7P+. The lowest BCUT2D eigenvalue weighted by atomic mass is 9.90. The van der Waals surface area contributed by atoms with Crippen LogP contribution in [0, 0.1) is 0 Å². The van der Waals surface area contributed by atoms with E-state index in [9.17, 15) is 15.0 Å². The third kappa shape index (κ3) is 7.99. The van der Waals surface area contributed by atoms with Gasteiger partial charge in [-0.25, -0.2) is 4.79 Å². The van der Waals surface area contributed by atoms with Crippen molar-refractivity contribution in [3.05, 3.63) is 125 Å². The molecular weight excluding hydrogens is 643 g/mol. The molecule has 11 nitrogen and oxygen atoms in total. The van der Waals surface area contributed by atoms with Crippen LogP contribution in [0.2, 0.25) is 0 Å². The minimum atomic E-state index is -2.52. The van der Waals surface area contributed by atoms with E-state index in [0.717, 1.165) is 16.7 Å². The van der Waals surface area contributed by atoms with Gasteiger partial charge in [0.25, 0.3) is 12.6 Å². The zero-order chi connectivity index (χ0) is 34.5. The highest BCUT2D eigenvalue weighted by Crippen LogP contribution is 2.70. The fourth-order valence-corrected chi connectivity index (χ4v) is 8.47. The third-order valence-electron chi connectivity index (χ3n) is 8.75. The average Bonchev–Trinajstić information content (AvgIpc) is 3.14. The van der Waals surface area contributed by atoms with Gasteiger partial charge in [0.2, 0.25) is 0 Å². The largest absolute Gasteiger partial charge is 0.457 e. The van der Waals surface area contributed by atoms with Crippen LogP contribution in [0.3, 0.4) is 0 Å². The third-order valence-corrected chi connectivity index (χ3v) is 11.1. The minimum Gasteiger partial charge on any atom is -0.451 e. The van der Waals surface area contributed by atoms with Gasteiger partial charge in [0.1, 0.15) is 18.0 Å². The van der Waals surface area contributed by atoms with Crippen LogP contribution >= 0.6 is 7.94 Å². The number of urea groups is 1. The Kier molecular flexibility index (Phi) is 10.7. The number of carbonyl (C=O) groups is 1. The number of hydrogen-bond acceptors (Lipinski definition) is 9. The first-order valence-electron chi connectivity index (χ1n) is 16.4. The summed E-state index contributed by atoms with van der Waals surface area (Å²) in [5.41, 5.74) is 16.5. The molecule has 2 saturated heterocycles. The van der Waals surface area contributed by atoms with Gasteiger partial charge in [-0.05, 0) is 78.9 Å². The second kappa shape index (κ2) is 15.1. The molecule has 0 aromatic heterocycles. The maximum absolute atomic E-state index is 14.9. The highest BCUT2D eigenvalue weighted by molar-refractivity contribution is 7.62. The normalized spacial score (nSPS) is 25.5. The molecule has 0 spiro atoms. The van der Waals surface area contributed by atoms with Crippen LogP contribution in [0.25, 0.3) is 0 Å². The molecule has 0 aliphatic carbocycles. The smallest absolute Gasteiger partial charge is 0.451 e. The zero-order valence-corrected chi connectivity index (χ0v) is 28.6. The van der Waals surface area contributed by atoms with Gasteiger partial charge in [0.05, 0.1) is 18.7 Å². The number of ether oxygens (including phenoxy) is 1. The number of aliphatic hydroxyl groups excluding tert-OH is 2. The van der Waals surface area contributed by atoms with E-state index < -0.39 is 32.2 Å². The zero-order valence-electron chi connectivity index (χ0n) is 27.7. The molecule has 2 heterocycles. The Balaban J connectivity index is 1.32. The minimum absolute atomic E-state index is 0.157. The number of nitrogens with zero attached hydrogens (tertiary/aromatic N) is 2. The van der Waals surface area contributed by atoms with Crippen LogP contribution in [-0.4, -0.2) is 63.5 Å². The molecule has 2 amide bonds. The van der Waals surface area contributed by atoms with Crippen molar-refractivity contribution in [3.8, 4) is 5.75 Å². The molecule has 6 rings (SSSR count). The van der Waals surface area contributed by atoms with Gasteiger partial charge in [0, 0.05) is 24.5 Å². The van der Waals surface area contributed by atoms with E-state index in [2.05, 4.69) is 0 Å². The van der Waals surface area contributed by atoms with Crippen LogP contribution in [0.4, 0.5) is 16.2 Å². The molecule has 4 atom stereocenters. The number of anilines is 2. The lowest BCUT2D eigenvalue weighted by molar-refractivity contribution is -0.109. The van der Waals surface area contributed by atoms with Crippen LogP contribution in [0.1, 0.15) is 42.1 Å². The highest BCUT2D eigenvalue weighted by atomic mass is 31.2. The van der Waals surface area contributed by atoms with Gasteiger partial charge >= 0.3 is 14.0 Å². The van der Waals surface area contributed by atoms with Crippen molar-refractivity contribution < 1.29 is 33.3 Å². The molecule has 49 heavy (non-hydrogen) atoms. The van der Waals surface area contributed by atoms with Crippen LogP contribution < -0.4 is 16.2 Å². The average molecular weight is 688 g/mol. The molecule has 2 aliphatic heterocycles. The van der Waals surface area contributed by atoms with Gasteiger partial charge in [-0.3, -0.25) is 0 Å². The number of hydrogen-bond donors (Lipinski definition) is 4. The summed E-state index contributed by atoms with van der Waals surface area (Å²) >= 11 is 0. The lowest BCUT2D eigenvalue weighted by Crippen LogP contribution is -2.50. The van der Waals surface area contributed by atoms with E-state index in [0.29, 0.717) is 29.3 Å². The van der Waals surface area contributed by atoms with Crippen molar-refractivity contribution in [3.63, 3.8) is 0 Å². The van der Waals surface area contributed by atoms with Crippen molar-refractivity contribution in [1.82, 2.24) is 9.80 Å². The Morgan fingerprint density at radius 2 is 1.39 bits per heavy atom. The van der Waals surface area contributed by atoms with E-state index in [1.165, 1.54) is 0 Å². The van der Waals surface area contributed by atoms with Gasteiger partial charge in [-0.1, -0.05) is 66.7 Å². The summed E-state index contributed by atoms with van der Waals surface area (Å²) in [6.07, 6.45) is -2.52. The monoisotopic (exact) mass is 687 g/mol. The van der Waals surface area contributed by atoms with Crippen LogP contribution in [0.5, 0.6) is 5.75 Å². The van der Waals surface area contributed by atoms with E-state index >= 15 is 0 Å². The van der Waals surface area contributed by atoms with Crippen molar-refractivity contribution in [2.24, 2.45) is 0 Å². The predicted octanol–water partition coefficient (Wildman–Crippen LogP) is 5.89. The first kappa shape index (κ1) is 34.6. The Hall–Kier alpha value is -4.22. The van der Waals surface area contributed by atoms with Crippen LogP contribution in [-0.2, 0) is 33.1 Å². The molecule has 2 aliphatic rings. The predicted molar refractivity (Wildman–Crippen MR) is 189 cm³/mol. The molecule has 4 aromatic rings. The van der Waals surface area contributed by atoms with Crippen LogP contribution in [0.15, 0.2) is 103 Å². The number of nitrogens with two attached hydrogens (primary N) is 2. The number of carbonyl (C=O) groups excluding carboxylic acids is 1. The summed E-state index contributed by atoms with van der Waals surface area (Å²) in [4.78, 5) is 18.1. The van der Waals surface area contributed by atoms with Gasteiger partial charge in [-0.15, -0.1) is 9.05 Å². The molecule has 12 heteroatoms. The van der Waals surface area contributed by atoms with Crippen molar-refractivity contribution >= 4 is 25.3 Å². The van der Waals surface area contributed by atoms with E-state index in [4.69, 9.17) is 29.8 Å². The maximum atomic E-state index is 14.9. The fraction of sp³-hybridized carbons (Fsp3) is 0.324. The Morgan fingerprint density at radius 1 is 0.776 bits per heavy atom. The summed E-state index contributed by atoms with van der Waals surface area (Å²) in [6.45, 7) is 4.47. The second-order valence-corrected chi connectivity index (χ2v) is 14.5. The lowest BCUT2D eigenvalue weighted by Gasteiger charge is -2.36. The first-order valence-corrected chi connectivity index (χ1v) is 18.2. The highest BCUT2D eigenvalue weighted by Gasteiger charge is 2.60. The topological polar surface area (TPSA) is 153 Å². The first-order chi connectivity index (χ1) is 23.6. The number of nitrogen functional groups attached to an aromatic ring is 2. The maximum Gasteiger partial charge on any atom is 0.457 e. The summed E-state index contributed by atoms with van der Waals surface area (Å²) in [5.74, 6) is 0.598. The van der Waals surface area contributed by atoms with Gasteiger partial charge < -0.3 is 36.2 Å². The molecule has 6 N–H and O–H groups in total. The Labute approximate surface area is 287 Å². The van der Waals surface area contributed by atoms with Gasteiger partial charge in [-0.2, -0.15) is 4.52 Å². The standard InChI is InChI=1S/C37H44N4O7P/c1-3-46-49(47-25(2)48-49)24-45-32-17-15-26(16-18-32)21-33-35(42)36(43)34(29-11-5-4-6-12-29)41(23-28-10-8-14-31(39)20-28)37(44)40(33)22-27-9-7-13-30(38)19-27/h4-20,25,33-36,42-43H,3,21-24,38-39H2,1-2H3/q+1/t25?,33-,34?,35+,36+,49?/m1/s1. The van der Waals surface area contributed by atoms with E-state index in [-0.39, 0.29) is 38.2 Å². The number of rotatable bonds is 12. The Morgan fingerprint density at radius 3 is 1.96 bits per heavy atom. The number of amides is 2. The summed E-state index contributed by atoms with van der Waals surface area (Å²) in [6, 6.07) is 29.4. The van der Waals surface area contributed by atoms with Crippen molar-refractivity contribution in [1.29, 1.82) is 0 Å². The quantitative estimate of drug-likeness (QED) is 0.106. The van der Waals surface area contributed by atoms with Crippen molar-refractivity contribution in [2.45, 2.75) is 63.9 Å². The van der Waals surface area contributed by atoms with Crippen molar-refractivity contribution in [2.75, 3.05) is 24.4 Å². The fourth-order valence-electron chi connectivity index (χ4n) is 6.53. The summed E-state index contributed by atoms with van der Waals surface area (Å²) in [5, 5.41) is 24.0. The molecule has 258 valence electrons. The summed E-state index contributed by atoms with van der Waals surface area (Å²) in [7, 11) is -2.52. The summed E-state index contributed by atoms with van der Waals surface area (Å²) < 4.78 is 23.2. The van der Waals surface area contributed by atoms with E-state index in [1.54, 1.807) is 21.9 Å². The molecule has 1 unspecified atom stereocenters. The second-order valence-electron chi connectivity index (χ2n) is 12.4. The molecule has 2 fully saturated rings. The SMILES string of the molecule is CCO[P+]1(COc2ccc(C[C@@H]3[C@H](O)[C@@H](O)C(c4ccccc4)N(Cc4cccc(N)c4)C(=O)N3Cc3cccc(N)c3)cc2)OC(C)O1. The number of aliphatic hydroxyl groups is 2. The Bertz CT molecular complexity index is 1700. The number of benzene rings is 4. The molecule has 4 aromatic carbocycles. The molecule has 0 bridgehead atoms. The van der Waals surface area contributed by atoms with E-state index in [1.807, 2.05) is 105 Å². The van der Waals surface area contributed by atoms with Gasteiger partial charge in [0.15, 0.2) is 0 Å². The molecule has 0 radical (unpaired) electrons. The molecule has 0 saturated carbocycles.